The van der Waals surface area contributed by atoms with Gasteiger partial charge in [0.15, 0.2) is 0 Å². The van der Waals surface area contributed by atoms with Gasteiger partial charge in [0.05, 0.1) is 49.8 Å². The predicted molar refractivity (Wildman–Crippen MR) is 120 cm³/mol. The topological polar surface area (TPSA) is 98.5 Å². The van der Waals surface area contributed by atoms with Gasteiger partial charge in [-0.1, -0.05) is 56.4 Å². The number of nitrogens with one attached hydrogen (secondary N) is 1. The fourth-order valence-electron chi connectivity index (χ4n) is 5.10. The van der Waals surface area contributed by atoms with Crippen molar-refractivity contribution >= 4 is 5.91 Å². The first kappa shape index (κ1) is 22.7. The minimum Gasteiger partial charge on any atom is -0.496 e. The number of methoxy groups -OCH3 is 1. The van der Waals surface area contributed by atoms with Crippen LogP contribution in [0.25, 0.3) is 0 Å². The highest BCUT2D eigenvalue weighted by Crippen LogP contribution is 2.33. The number of aliphatic hydroxyl groups excluding tert-OH is 1. The first-order valence-electron chi connectivity index (χ1n) is 11.7. The molecule has 8 heteroatoms. The molecular weight excluding hydrogens is 408 g/mol. The molecule has 4 atom stereocenters. The van der Waals surface area contributed by atoms with Crippen molar-refractivity contribution in [2.24, 2.45) is 11.8 Å². The Morgan fingerprint density at radius 1 is 1.31 bits per heavy atom. The Labute approximate surface area is 189 Å². The summed E-state index contributed by atoms with van der Waals surface area (Å²) >= 11 is 0. The lowest BCUT2D eigenvalue weighted by atomic mass is 9.86. The molecule has 1 aliphatic carbocycles. The average Bonchev–Trinajstić information content (AvgIpc) is 3.44. The van der Waals surface area contributed by atoms with Crippen molar-refractivity contribution in [3.63, 3.8) is 0 Å². The highest BCUT2D eigenvalue weighted by molar-refractivity contribution is 5.97. The first-order valence-corrected chi connectivity index (χ1v) is 11.7. The summed E-state index contributed by atoms with van der Waals surface area (Å²) in [6, 6.07) is 6.53. The van der Waals surface area contributed by atoms with Gasteiger partial charge in [-0.15, -0.1) is 5.10 Å². The van der Waals surface area contributed by atoms with Crippen molar-refractivity contribution in [2.45, 2.75) is 63.6 Å². The lowest BCUT2D eigenvalue weighted by Gasteiger charge is -2.26. The SMILES string of the molecule is COc1ccccc1C(=O)N[C@@H](CO)[C@H]1OC[C@H](n2cc(CC3CCCCC3)nn2)[C@H]1C. The Bertz CT molecular complexity index is 896. The molecular formula is C24H34N4O4. The largest absolute Gasteiger partial charge is 0.496 e. The summed E-state index contributed by atoms with van der Waals surface area (Å²) in [6.45, 7) is 2.33. The molecule has 2 N–H and O–H groups in total. The van der Waals surface area contributed by atoms with Crippen molar-refractivity contribution in [2.75, 3.05) is 20.3 Å². The molecule has 2 aromatic rings. The molecule has 1 saturated heterocycles. The van der Waals surface area contributed by atoms with Crippen LogP contribution in [0, 0.1) is 11.8 Å². The molecule has 2 fully saturated rings. The van der Waals surface area contributed by atoms with Crippen LogP contribution < -0.4 is 10.1 Å². The van der Waals surface area contributed by atoms with E-state index in [2.05, 4.69) is 22.6 Å². The highest BCUT2D eigenvalue weighted by atomic mass is 16.5. The van der Waals surface area contributed by atoms with Crippen LogP contribution in [0.3, 0.4) is 0 Å². The van der Waals surface area contributed by atoms with Gasteiger partial charge >= 0.3 is 0 Å². The maximum atomic E-state index is 12.8. The van der Waals surface area contributed by atoms with Crippen LogP contribution >= 0.6 is 0 Å². The van der Waals surface area contributed by atoms with Crippen LogP contribution in [0.15, 0.2) is 30.5 Å². The number of aliphatic hydroxyl groups is 1. The van der Waals surface area contributed by atoms with Crippen molar-refractivity contribution in [3.8, 4) is 5.75 Å². The minimum absolute atomic E-state index is 0.0184. The Kier molecular flexibility index (Phi) is 7.42. The highest BCUT2D eigenvalue weighted by Gasteiger charge is 2.41. The van der Waals surface area contributed by atoms with Gasteiger partial charge in [-0.25, -0.2) is 4.68 Å². The van der Waals surface area contributed by atoms with E-state index < -0.39 is 6.04 Å². The van der Waals surface area contributed by atoms with Crippen molar-refractivity contribution < 1.29 is 19.4 Å². The van der Waals surface area contributed by atoms with E-state index in [0.717, 1.165) is 12.1 Å². The number of ether oxygens (including phenoxy) is 2. The Hall–Kier alpha value is -2.45. The van der Waals surface area contributed by atoms with E-state index in [1.165, 1.54) is 39.2 Å². The van der Waals surface area contributed by atoms with Crippen LogP contribution in [-0.4, -0.2) is 58.5 Å². The summed E-state index contributed by atoms with van der Waals surface area (Å²) in [4.78, 5) is 12.8. The molecule has 1 amide bonds. The second-order valence-electron chi connectivity index (χ2n) is 9.09. The standard InChI is InChI=1S/C24H34N4O4/c1-16-21(28-13-18(26-27-28)12-17-8-4-3-5-9-17)15-32-23(16)20(14-29)25-24(30)19-10-6-7-11-22(19)31-2/h6-7,10-11,13,16-17,20-21,23,29H,3-5,8-9,12,14-15H2,1-2H3,(H,25,30)/t16-,20+,21+,23+/m1/s1. The van der Waals surface area contributed by atoms with E-state index in [0.29, 0.717) is 23.8 Å². The minimum atomic E-state index is -0.530. The van der Waals surface area contributed by atoms with Gasteiger partial charge in [0.25, 0.3) is 5.91 Å². The lowest BCUT2D eigenvalue weighted by Crippen LogP contribution is -2.48. The third-order valence-electron chi connectivity index (χ3n) is 6.97. The number of amides is 1. The Morgan fingerprint density at radius 2 is 2.09 bits per heavy atom. The van der Waals surface area contributed by atoms with E-state index in [-0.39, 0.29) is 30.6 Å². The average molecular weight is 443 g/mol. The van der Waals surface area contributed by atoms with Gasteiger partial charge in [0.2, 0.25) is 0 Å². The van der Waals surface area contributed by atoms with Crippen molar-refractivity contribution in [3.05, 3.63) is 41.7 Å². The molecule has 8 nitrogen and oxygen atoms in total. The van der Waals surface area contributed by atoms with Gasteiger partial charge in [0, 0.05) is 12.1 Å². The van der Waals surface area contributed by atoms with Crippen LogP contribution in [0.5, 0.6) is 5.75 Å². The van der Waals surface area contributed by atoms with E-state index in [4.69, 9.17) is 9.47 Å². The maximum absolute atomic E-state index is 12.8. The summed E-state index contributed by atoms with van der Waals surface area (Å²) in [6.07, 6.45) is 9.25. The van der Waals surface area contributed by atoms with Crippen LogP contribution in [0.4, 0.5) is 0 Å². The maximum Gasteiger partial charge on any atom is 0.255 e. The molecule has 2 aliphatic rings. The van der Waals surface area contributed by atoms with E-state index in [1.54, 1.807) is 18.2 Å². The fraction of sp³-hybridized carbons (Fsp3) is 0.625. The van der Waals surface area contributed by atoms with Crippen LogP contribution in [0.1, 0.15) is 61.1 Å². The number of hydrogen-bond acceptors (Lipinski definition) is 6. The third-order valence-corrected chi connectivity index (χ3v) is 6.97. The zero-order chi connectivity index (χ0) is 22.5. The molecule has 1 aromatic heterocycles. The predicted octanol–water partition coefficient (Wildman–Crippen LogP) is 2.78. The molecule has 174 valence electrons. The smallest absolute Gasteiger partial charge is 0.255 e. The van der Waals surface area contributed by atoms with Crippen LogP contribution in [0.2, 0.25) is 0 Å². The zero-order valence-corrected chi connectivity index (χ0v) is 18.9. The second kappa shape index (κ2) is 10.4. The number of benzene rings is 1. The molecule has 1 saturated carbocycles. The van der Waals surface area contributed by atoms with Gasteiger partial charge in [-0.3, -0.25) is 4.79 Å². The molecule has 4 rings (SSSR count). The zero-order valence-electron chi connectivity index (χ0n) is 18.9. The Morgan fingerprint density at radius 3 is 2.84 bits per heavy atom. The number of hydrogen-bond donors (Lipinski definition) is 2. The van der Waals surface area contributed by atoms with Gasteiger partial charge < -0.3 is 19.9 Å². The fourth-order valence-corrected chi connectivity index (χ4v) is 5.10. The molecule has 0 spiro atoms. The Balaban J connectivity index is 1.39. The molecule has 1 aromatic carbocycles. The van der Waals surface area contributed by atoms with Crippen LogP contribution in [-0.2, 0) is 11.2 Å². The summed E-state index contributed by atoms with van der Waals surface area (Å²) in [5.74, 6) is 0.960. The molecule has 0 radical (unpaired) electrons. The van der Waals surface area contributed by atoms with Gasteiger partial charge in [-0.2, -0.15) is 0 Å². The molecule has 0 unspecified atom stereocenters. The summed E-state index contributed by atoms with van der Waals surface area (Å²) in [5.41, 5.74) is 1.47. The summed E-state index contributed by atoms with van der Waals surface area (Å²) in [7, 11) is 1.53. The monoisotopic (exact) mass is 442 g/mol. The normalized spacial score (nSPS) is 24.9. The number of aromatic nitrogens is 3. The van der Waals surface area contributed by atoms with Gasteiger partial charge in [-0.05, 0) is 24.5 Å². The summed E-state index contributed by atoms with van der Waals surface area (Å²) < 4.78 is 13.2. The third kappa shape index (κ3) is 4.96. The molecule has 0 bridgehead atoms. The number of para-hydroxylation sites is 1. The van der Waals surface area contributed by atoms with E-state index in [1.807, 2.05) is 16.9 Å². The van der Waals surface area contributed by atoms with E-state index in [9.17, 15) is 9.90 Å². The second-order valence-corrected chi connectivity index (χ2v) is 9.09. The quantitative estimate of drug-likeness (QED) is 0.652. The molecule has 32 heavy (non-hydrogen) atoms. The number of rotatable bonds is 8. The number of carbonyl (C=O) groups excluding carboxylic acids is 1. The van der Waals surface area contributed by atoms with Crippen molar-refractivity contribution in [1.82, 2.24) is 20.3 Å². The van der Waals surface area contributed by atoms with Crippen molar-refractivity contribution in [1.29, 1.82) is 0 Å². The first-order chi connectivity index (χ1) is 15.6. The lowest BCUT2D eigenvalue weighted by molar-refractivity contribution is 0.0370. The number of carbonyl (C=O) groups is 1. The summed E-state index contributed by atoms with van der Waals surface area (Å²) in [5, 5.41) is 21.7. The molecule has 1 aliphatic heterocycles. The number of nitrogens with zero attached hydrogens (tertiary/aromatic N) is 3. The molecule has 2 heterocycles. The van der Waals surface area contributed by atoms with E-state index >= 15 is 0 Å². The van der Waals surface area contributed by atoms with Gasteiger partial charge in [0.1, 0.15) is 5.75 Å².